The Balaban J connectivity index is 1.08. The fourth-order valence-electron chi connectivity index (χ4n) is 17.8. The third kappa shape index (κ3) is 4.55. The fraction of sp³-hybridized carbons (Fsp3) is 0.698. The Morgan fingerprint density at radius 3 is 2.72 bits per heavy atom. The van der Waals surface area contributed by atoms with Crippen LogP contribution in [0.4, 0.5) is 0 Å². The number of esters is 2. The van der Waals surface area contributed by atoms with Gasteiger partial charge in [-0.25, -0.2) is 4.79 Å². The molecule has 16 rings (SSSR count). The SMILES string of the molecule is CC1CCC2=CC3C(C)CC4=C5C3C3=C2C26C(=O)OC(=CCC(CC7CCCCC7)N7CC8CC(C7)C(CC4)N5C8)C2(CC3)C2(OC(=O)c3c(CCCN)cccc32)C6C1. The maximum Gasteiger partial charge on any atom is 0.339 e. The Kier molecular flexibility index (Phi) is 8.22. The zero-order valence-electron chi connectivity index (χ0n) is 36.3. The lowest BCUT2D eigenvalue weighted by Crippen LogP contribution is -2.77. The first-order valence-electron chi connectivity index (χ1n) is 24.9. The number of ether oxygens (including phenoxy) is 2. The molecule has 3 spiro atoms. The molecule has 15 aliphatic rings. The van der Waals surface area contributed by atoms with Gasteiger partial charge in [0.15, 0.2) is 5.60 Å². The van der Waals surface area contributed by atoms with Crippen molar-refractivity contribution in [3.05, 3.63) is 80.8 Å². The lowest BCUT2D eigenvalue weighted by Gasteiger charge is -2.72. The molecule has 2 N–H and O–H groups in total. The number of carbonyl (C=O) groups excluding carboxylic acids is 2. The summed E-state index contributed by atoms with van der Waals surface area (Å²) in [7, 11) is 0. The van der Waals surface area contributed by atoms with Gasteiger partial charge in [0.1, 0.15) is 11.2 Å². The van der Waals surface area contributed by atoms with Crippen LogP contribution < -0.4 is 5.73 Å². The smallest absolute Gasteiger partial charge is 0.339 e. The van der Waals surface area contributed by atoms with Crippen molar-refractivity contribution >= 4 is 11.9 Å². The van der Waals surface area contributed by atoms with Gasteiger partial charge in [0.05, 0.1) is 11.0 Å². The molecule has 0 amide bonds. The van der Waals surface area contributed by atoms with Gasteiger partial charge >= 0.3 is 11.9 Å². The number of hydrogen-bond donors (Lipinski definition) is 1. The molecule has 6 aliphatic carbocycles. The molecule has 9 aliphatic heterocycles. The predicted octanol–water partition coefficient (Wildman–Crippen LogP) is 9.52. The van der Waals surface area contributed by atoms with Crippen LogP contribution in [0.1, 0.15) is 144 Å². The molecular formula is C53H67N3O4. The summed E-state index contributed by atoms with van der Waals surface area (Å²) in [5.41, 5.74) is 14.1. The standard InChI is InChI=1S/C53H67N3O4/c1-30-13-14-35-26-40-31(2)23-36-15-17-42-37-24-33-27-55(29-37)38(25-32-8-4-3-5-9-32)16-18-44-51-20-19-39(46(40)48(36)56(42)28-33)47(35)52(51,50(58)59-44)43(22-30)53(51)41-12-6-10-34(11-7-21-54)45(41)49(57)60-53/h6,10,12,18,26,30-33,37-38,40,42-43,46H,3-5,7-9,11,13-17,19-25,27-29,54H2,1-2H3. The zero-order chi connectivity index (χ0) is 40.3. The first kappa shape index (κ1) is 37.4. The number of hydrogen-bond acceptors (Lipinski definition) is 7. The first-order chi connectivity index (χ1) is 29.3. The molecule has 3 saturated carbocycles. The summed E-state index contributed by atoms with van der Waals surface area (Å²) in [6.07, 6.45) is 25.4. The highest BCUT2D eigenvalue weighted by atomic mass is 16.6. The van der Waals surface area contributed by atoms with Crippen LogP contribution in [-0.4, -0.2) is 60.0 Å². The molecule has 12 bridgehead atoms. The molecule has 13 atom stereocenters. The van der Waals surface area contributed by atoms with E-state index in [-0.39, 0.29) is 17.9 Å². The summed E-state index contributed by atoms with van der Waals surface area (Å²) in [6, 6.07) is 7.52. The van der Waals surface area contributed by atoms with Gasteiger partial charge in [-0.05, 0) is 148 Å². The van der Waals surface area contributed by atoms with Crippen molar-refractivity contribution in [1.82, 2.24) is 9.80 Å². The van der Waals surface area contributed by atoms with Gasteiger partial charge in [0.2, 0.25) is 0 Å². The molecule has 6 fully saturated rings. The van der Waals surface area contributed by atoms with Gasteiger partial charge in [-0.15, -0.1) is 0 Å². The average molecular weight is 810 g/mol. The van der Waals surface area contributed by atoms with Crippen LogP contribution in [-0.2, 0) is 26.3 Å². The van der Waals surface area contributed by atoms with E-state index >= 15 is 4.79 Å². The van der Waals surface area contributed by atoms with Crippen LogP contribution in [0.25, 0.3) is 0 Å². The van der Waals surface area contributed by atoms with E-state index in [0.717, 1.165) is 79.7 Å². The normalized spacial score (nSPS) is 44.5. The third-order valence-corrected chi connectivity index (χ3v) is 19.8. The summed E-state index contributed by atoms with van der Waals surface area (Å²) in [5.74, 6) is 4.32. The van der Waals surface area contributed by atoms with E-state index < -0.39 is 16.4 Å². The number of nitrogens with two attached hydrogens (primary N) is 1. The first-order valence-corrected chi connectivity index (χ1v) is 24.9. The molecular weight excluding hydrogens is 743 g/mol. The second-order valence-corrected chi connectivity index (χ2v) is 22.5. The molecule has 1 aromatic carbocycles. The molecule has 318 valence electrons. The fourth-order valence-corrected chi connectivity index (χ4v) is 17.8. The van der Waals surface area contributed by atoms with Crippen molar-refractivity contribution in [1.29, 1.82) is 0 Å². The highest BCUT2D eigenvalue weighted by Crippen LogP contribution is 2.88. The minimum absolute atomic E-state index is 0.0450. The monoisotopic (exact) mass is 810 g/mol. The molecule has 3 saturated heterocycles. The van der Waals surface area contributed by atoms with Gasteiger partial charge < -0.3 is 20.1 Å². The number of allylic oxidation sites excluding steroid dienone is 4. The number of benzene rings is 1. The summed E-state index contributed by atoms with van der Waals surface area (Å²) in [4.78, 5) is 36.6. The van der Waals surface area contributed by atoms with E-state index in [1.54, 1.807) is 16.8 Å². The largest absolute Gasteiger partial charge is 0.449 e. The number of fused-ring (bicyclic) bond motifs is 3. The van der Waals surface area contributed by atoms with E-state index in [2.05, 4.69) is 54.0 Å². The lowest BCUT2D eigenvalue weighted by atomic mass is 9.28. The van der Waals surface area contributed by atoms with Crippen LogP contribution in [0.2, 0.25) is 0 Å². The van der Waals surface area contributed by atoms with Gasteiger partial charge in [0.25, 0.3) is 0 Å². The highest BCUT2D eigenvalue weighted by Gasteiger charge is 2.93. The lowest BCUT2D eigenvalue weighted by molar-refractivity contribution is -0.278. The van der Waals surface area contributed by atoms with Crippen LogP contribution in [0.15, 0.2) is 64.1 Å². The van der Waals surface area contributed by atoms with Crippen LogP contribution in [0, 0.1) is 58.2 Å². The Morgan fingerprint density at radius 2 is 1.85 bits per heavy atom. The van der Waals surface area contributed by atoms with Gasteiger partial charge in [-0.2, -0.15) is 0 Å². The Labute approximate surface area is 357 Å². The topological polar surface area (TPSA) is 85.1 Å². The Hall–Kier alpha value is -3.16. The van der Waals surface area contributed by atoms with Gasteiger partial charge in [-0.1, -0.05) is 81.4 Å². The summed E-state index contributed by atoms with van der Waals surface area (Å²) >= 11 is 0. The highest BCUT2D eigenvalue weighted by molar-refractivity contribution is 6.00. The quantitative estimate of drug-likeness (QED) is 0.297. The molecule has 13 unspecified atom stereocenters. The molecule has 0 radical (unpaired) electrons. The Bertz CT molecular complexity index is 2190. The minimum Gasteiger partial charge on any atom is -0.449 e. The van der Waals surface area contributed by atoms with Gasteiger partial charge in [-0.3, -0.25) is 9.69 Å². The number of aryl methyl sites for hydroxylation is 1. The van der Waals surface area contributed by atoms with E-state index in [9.17, 15) is 4.79 Å². The maximum atomic E-state index is 15.9. The molecule has 1 aromatic rings. The zero-order valence-corrected chi connectivity index (χ0v) is 36.3. The predicted molar refractivity (Wildman–Crippen MR) is 231 cm³/mol. The number of nitrogens with zero attached hydrogens (tertiary/aromatic N) is 2. The molecule has 7 nitrogen and oxygen atoms in total. The second kappa shape index (κ2) is 13.2. The molecule has 60 heavy (non-hydrogen) atoms. The van der Waals surface area contributed by atoms with Crippen molar-refractivity contribution < 1.29 is 19.1 Å². The number of piperidine rings is 2. The van der Waals surface area contributed by atoms with E-state index in [1.165, 1.54) is 95.0 Å². The van der Waals surface area contributed by atoms with Crippen molar-refractivity contribution in [3.8, 4) is 0 Å². The van der Waals surface area contributed by atoms with Crippen LogP contribution in [0.3, 0.4) is 0 Å². The summed E-state index contributed by atoms with van der Waals surface area (Å²) in [5, 5.41) is 0. The second-order valence-electron chi connectivity index (χ2n) is 22.5. The maximum absolute atomic E-state index is 15.9. The van der Waals surface area contributed by atoms with Gasteiger partial charge in [0, 0.05) is 54.8 Å². The third-order valence-electron chi connectivity index (χ3n) is 19.8. The van der Waals surface area contributed by atoms with Crippen LogP contribution >= 0.6 is 0 Å². The summed E-state index contributed by atoms with van der Waals surface area (Å²) < 4.78 is 14.3. The molecule has 7 heteroatoms. The molecule has 9 heterocycles. The van der Waals surface area contributed by atoms with E-state index in [0.29, 0.717) is 54.1 Å². The number of carbonyl (C=O) groups is 2. The van der Waals surface area contributed by atoms with Crippen LogP contribution in [0.5, 0.6) is 0 Å². The Morgan fingerprint density at radius 1 is 0.967 bits per heavy atom. The average Bonchev–Trinajstić information content (AvgIpc) is 3.70. The van der Waals surface area contributed by atoms with Crippen molar-refractivity contribution in [2.24, 2.45) is 63.9 Å². The number of rotatable bonds is 5. The van der Waals surface area contributed by atoms with Crippen molar-refractivity contribution in [2.75, 3.05) is 26.2 Å². The van der Waals surface area contributed by atoms with E-state index in [4.69, 9.17) is 15.2 Å². The van der Waals surface area contributed by atoms with Crippen molar-refractivity contribution in [2.45, 2.75) is 147 Å². The van der Waals surface area contributed by atoms with E-state index in [1.807, 2.05) is 0 Å². The summed E-state index contributed by atoms with van der Waals surface area (Å²) in [6.45, 7) is 9.08. The minimum atomic E-state index is -0.948. The van der Waals surface area contributed by atoms with Crippen molar-refractivity contribution in [3.63, 3.8) is 0 Å². The molecule has 0 aromatic heterocycles.